The largest absolute Gasteiger partial charge is 0.482 e. The Balaban J connectivity index is 1.44. The Bertz CT molecular complexity index is 965. The number of rotatable bonds is 5. The first-order chi connectivity index (χ1) is 13.5. The van der Waals surface area contributed by atoms with Gasteiger partial charge in [-0.1, -0.05) is 6.07 Å². The third-order valence-electron chi connectivity index (χ3n) is 4.83. The summed E-state index contributed by atoms with van der Waals surface area (Å²) in [6.45, 7) is 2.17. The van der Waals surface area contributed by atoms with Crippen molar-refractivity contribution in [2.45, 2.75) is 30.3 Å². The highest BCUT2D eigenvalue weighted by atomic mass is 32.2. The molecular formula is C19H22N4O4S. The maximum Gasteiger partial charge on any atom is 0.262 e. The molecule has 0 aliphatic carbocycles. The second kappa shape index (κ2) is 7.86. The average Bonchev–Trinajstić information content (AvgIpc) is 2.68. The zero-order valence-corrected chi connectivity index (χ0v) is 16.1. The molecule has 0 bridgehead atoms. The number of hydrogen-bond donors (Lipinski definition) is 2. The third-order valence-corrected chi connectivity index (χ3v) is 6.35. The Labute approximate surface area is 164 Å². The molecule has 3 heterocycles. The Hall–Kier alpha value is -2.49. The van der Waals surface area contributed by atoms with Crippen molar-refractivity contribution in [2.75, 3.05) is 25.0 Å². The van der Waals surface area contributed by atoms with E-state index in [0.717, 1.165) is 25.1 Å². The number of benzene rings is 1. The van der Waals surface area contributed by atoms with E-state index in [4.69, 9.17) is 4.74 Å². The minimum absolute atomic E-state index is 0.0640. The lowest BCUT2D eigenvalue weighted by Crippen LogP contribution is -2.47. The van der Waals surface area contributed by atoms with Gasteiger partial charge in [0.25, 0.3) is 5.91 Å². The quantitative estimate of drug-likeness (QED) is 0.783. The molecule has 1 aromatic carbocycles. The van der Waals surface area contributed by atoms with Gasteiger partial charge in [-0.15, -0.1) is 0 Å². The number of nitrogens with one attached hydrogen (secondary N) is 2. The molecule has 9 heteroatoms. The minimum Gasteiger partial charge on any atom is -0.482 e. The summed E-state index contributed by atoms with van der Waals surface area (Å²) in [5.74, 6) is 0.171. The number of pyridine rings is 1. The van der Waals surface area contributed by atoms with Gasteiger partial charge in [0.2, 0.25) is 10.0 Å². The van der Waals surface area contributed by atoms with Gasteiger partial charge in [-0.2, -0.15) is 0 Å². The molecule has 0 saturated carbocycles. The maximum atomic E-state index is 12.8. The highest BCUT2D eigenvalue weighted by Crippen LogP contribution is 2.30. The molecule has 1 atom stereocenters. The van der Waals surface area contributed by atoms with Gasteiger partial charge in [-0.05, 0) is 49.7 Å². The molecule has 2 aromatic rings. The maximum absolute atomic E-state index is 12.8. The molecule has 2 aliphatic rings. The fraction of sp³-hybridized carbons (Fsp3) is 0.368. The number of hydrogen-bond acceptors (Lipinski definition) is 6. The summed E-state index contributed by atoms with van der Waals surface area (Å²) in [5, 5.41) is 2.64. The number of sulfonamides is 1. The second-order valence-electron chi connectivity index (χ2n) is 7.01. The van der Waals surface area contributed by atoms with Crippen LogP contribution in [0.3, 0.4) is 0 Å². The summed E-state index contributed by atoms with van der Waals surface area (Å²) >= 11 is 0. The van der Waals surface area contributed by atoms with Crippen molar-refractivity contribution in [3.63, 3.8) is 0 Å². The fourth-order valence-electron chi connectivity index (χ4n) is 3.53. The number of anilines is 1. The molecule has 8 nitrogen and oxygen atoms in total. The number of amides is 1. The molecule has 1 aromatic heterocycles. The van der Waals surface area contributed by atoms with Crippen LogP contribution in [0.15, 0.2) is 47.5 Å². The van der Waals surface area contributed by atoms with E-state index in [1.807, 2.05) is 18.2 Å². The summed E-state index contributed by atoms with van der Waals surface area (Å²) in [4.78, 5) is 18.1. The Kier molecular flexibility index (Phi) is 5.29. The van der Waals surface area contributed by atoms with E-state index in [-0.39, 0.29) is 23.5 Å². The summed E-state index contributed by atoms with van der Waals surface area (Å²) in [5.41, 5.74) is 1.34. The molecule has 1 amide bonds. The Morgan fingerprint density at radius 2 is 2.18 bits per heavy atom. The first-order valence-corrected chi connectivity index (χ1v) is 10.7. The Morgan fingerprint density at radius 1 is 1.29 bits per heavy atom. The SMILES string of the molecule is O=C1COc2ccc(S(=O)(=O)N[C@H]3CCCN(Cc4ccccn4)C3)cc2N1. The molecule has 1 saturated heterocycles. The number of piperidine rings is 1. The van der Waals surface area contributed by atoms with Crippen molar-refractivity contribution in [2.24, 2.45) is 0 Å². The lowest BCUT2D eigenvalue weighted by atomic mass is 10.1. The van der Waals surface area contributed by atoms with Gasteiger partial charge in [-0.3, -0.25) is 14.7 Å². The van der Waals surface area contributed by atoms with Crippen LogP contribution in [-0.4, -0.2) is 49.9 Å². The minimum atomic E-state index is -3.71. The van der Waals surface area contributed by atoms with Gasteiger partial charge in [0.05, 0.1) is 16.3 Å². The predicted molar refractivity (Wildman–Crippen MR) is 103 cm³/mol. The van der Waals surface area contributed by atoms with Crippen molar-refractivity contribution in [1.82, 2.24) is 14.6 Å². The van der Waals surface area contributed by atoms with E-state index in [9.17, 15) is 13.2 Å². The van der Waals surface area contributed by atoms with Gasteiger partial charge in [0, 0.05) is 25.3 Å². The normalized spacial score (nSPS) is 20.1. The van der Waals surface area contributed by atoms with E-state index >= 15 is 0 Å². The monoisotopic (exact) mass is 402 g/mol. The molecule has 2 N–H and O–H groups in total. The van der Waals surface area contributed by atoms with Crippen molar-refractivity contribution >= 4 is 21.6 Å². The van der Waals surface area contributed by atoms with Crippen LogP contribution in [0.25, 0.3) is 0 Å². The molecule has 2 aliphatic heterocycles. The van der Waals surface area contributed by atoms with E-state index < -0.39 is 10.0 Å². The molecule has 28 heavy (non-hydrogen) atoms. The van der Waals surface area contributed by atoms with Gasteiger partial charge in [0.15, 0.2) is 6.61 Å². The van der Waals surface area contributed by atoms with Crippen molar-refractivity contribution < 1.29 is 17.9 Å². The van der Waals surface area contributed by atoms with Crippen LogP contribution in [0.1, 0.15) is 18.5 Å². The second-order valence-corrected chi connectivity index (χ2v) is 8.73. The molecule has 1 fully saturated rings. The van der Waals surface area contributed by atoms with Crippen LogP contribution < -0.4 is 14.8 Å². The number of nitrogens with zero attached hydrogens (tertiary/aromatic N) is 2. The lowest BCUT2D eigenvalue weighted by Gasteiger charge is -2.32. The highest BCUT2D eigenvalue weighted by Gasteiger charge is 2.27. The lowest BCUT2D eigenvalue weighted by molar-refractivity contribution is -0.118. The van der Waals surface area contributed by atoms with Crippen LogP contribution in [0, 0.1) is 0 Å². The van der Waals surface area contributed by atoms with Crippen LogP contribution in [0.5, 0.6) is 5.75 Å². The number of ether oxygens (including phenoxy) is 1. The van der Waals surface area contributed by atoms with Crippen molar-refractivity contribution in [3.05, 3.63) is 48.3 Å². The van der Waals surface area contributed by atoms with Gasteiger partial charge >= 0.3 is 0 Å². The average molecular weight is 402 g/mol. The first kappa shape index (κ1) is 18.9. The molecular weight excluding hydrogens is 380 g/mol. The summed E-state index contributed by atoms with van der Waals surface area (Å²) < 4.78 is 33.8. The van der Waals surface area contributed by atoms with Crippen LogP contribution in [0.4, 0.5) is 5.69 Å². The zero-order chi connectivity index (χ0) is 19.6. The summed E-state index contributed by atoms with van der Waals surface area (Å²) in [6.07, 6.45) is 3.45. The van der Waals surface area contributed by atoms with E-state index in [2.05, 4.69) is 19.9 Å². The van der Waals surface area contributed by atoms with E-state index in [0.29, 0.717) is 24.5 Å². The molecule has 0 spiro atoms. The summed E-state index contributed by atoms with van der Waals surface area (Å²) in [7, 11) is -3.71. The molecule has 0 unspecified atom stereocenters. The predicted octanol–water partition coefficient (Wildman–Crippen LogP) is 1.36. The zero-order valence-electron chi connectivity index (χ0n) is 15.3. The standard InChI is InChI=1S/C19H22N4O4S/c24-19-13-27-18-7-6-16(10-17(18)21-19)28(25,26)22-15-5-3-9-23(12-15)11-14-4-1-2-8-20-14/h1-2,4,6-8,10,15,22H,3,5,9,11-13H2,(H,21,24)/t15-/m0/s1. The van der Waals surface area contributed by atoms with Gasteiger partial charge in [0.1, 0.15) is 5.75 Å². The third kappa shape index (κ3) is 4.32. The van der Waals surface area contributed by atoms with Crippen LogP contribution >= 0.6 is 0 Å². The van der Waals surface area contributed by atoms with Crippen LogP contribution in [-0.2, 0) is 21.4 Å². The first-order valence-electron chi connectivity index (χ1n) is 9.21. The number of carbonyl (C=O) groups is 1. The number of likely N-dealkylation sites (tertiary alicyclic amines) is 1. The van der Waals surface area contributed by atoms with E-state index in [1.54, 1.807) is 12.3 Å². The van der Waals surface area contributed by atoms with Crippen LogP contribution in [0.2, 0.25) is 0 Å². The van der Waals surface area contributed by atoms with E-state index in [1.165, 1.54) is 12.1 Å². The smallest absolute Gasteiger partial charge is 0.262 e. The topological polar surface area (TPSA) is 101 Å². The number of fused-ring (bicyclic) bond motifs is 1. The van der Waals surface area contributed by atoms with Crippen molar-refractivity contribution in [1.29, 1.82) is 0 Å². The fourth-order valence-corrected chi connectivity index (χ4v) is 4.82. The molecule has 148 valence electrons. The van der Waals surface area contributed by atoms with Gasteiger partial charge < -0.3 is 10.1 Å². The molecule has 4 rings (SSSR count). The Morgan fingerprint density at radius 3 is 3.00 bits per heavy atom. The number of aromatic nitrogens is 1. The molecule has 0 radical (unpaired) electrons. The number of carbonyl (C=O) groups excluding carboxylic acids is 1. The van der Waals surface area contributed by atoms with Gasteiger partial charge in [-0.25, -0.2) is 13.1 Å². The highest BCUT2D eigenvalue weighted by molar-refractivity contribution is 7.89. The van der Waals surface area contributed by atoms with Crippen molar-refractivity contribution in [3.8, 4) is 5.75 Å². The summed E-state index contributed by atoms with van der Waals surface area (Å²) in [6, 6.07) is 10.1.